The predicted molar refractivity (Wildman–Crippen MR) is 99.5 cm³/mol. The van der Waals surface area contributed by atoms with Crippen LogP contribution in [0.15, 0.2) is 18.2 Å². The Labute approximate surface area is 158 Å². The number of hydrogen-bond donors (Lipinski definition) is 0. The van der Waals surface area contributed by atoms with Crippen LogP contribution in [0.2, 0.25) is 5.02 Å². The lowest BCUT2D eigenvalue weighted by atomic mass is 9.97. The molecule has 0 aromatic heterocycles. The van der Waals surface area contributed by atoms with E-state index in [1.165, 1.54) is 20.3 Å². The Morgan fingerprint density at radius 1 is 1.27 bits per heavy atom. The minimum atomic E-state index is -0.205. The lowest BCUT2D eigenvalue weighted by Gasteiger charge is -2.29. The normalized spacial score (nSPS) is 15.2. The van der Waals surface area contributed by atoms with Crippen LogP contribution in [-0.2, 0) is 14.3 Å². The highest BCUT2D eigenvalue weighted by atomic mass is 35.5. The van der Waals surface area contributed by atoms with Gasteiger partial charge in [0.1, 0.15) is 0 Å². The van der Waals surface area contributed by atoms with E-state index >= 15 is 0 Å². The molecule has 142 valence electrons. The Morgan fingerprint density at radius 3 is 2.54 bits per heavy atom. The van der Waals surface area contributed by atoms with Crippen molar-refractivity contribution in [3.63, 3.8) is 0 Å². The first-order chi connectivity index (χ1) is 12.5. The summed E-state index contributed by atoms with van der Waals surface area (Å²) in [5, 5.41) is 0.428. The van der Waals surface area contributed by atoms with Crippen molar-refractivity contribution >= 4 is 29.6 Å². The standard InChI is InChI=1S/C19H24ClNO5/c1-4-26-18-15(20)11-13(12-16(18)24-2)5-6-17(22)21-9-7-14(8-10-21)19(23)25-3/h5-6,11-12,14H,4,7-10H2,1-3H3/b6-5+. The molecular formula is C19H24ClNO5. The molecule has 1 aromatic carbocycles. The van der Waals surface area contributed by atoms with Crippen molar-refractivity contribution in [2.75, 3.05) is 33.9 Å². The van der Waals surface area contributed by atoms with Crippen molar-refractivity contribution in [2.45, 2.75) is 19.8 Å². The highest BCUT2D eigenvalue weighted by Crippen LogP contribution is 2.36. The van der Waals surface area contributed by atoms with Gasteiger partial charge in [0.05, 0.1) is 31.8 Å². The minimum absolute atomic E-state index is 0.0997. The summed E-state index contributed by atoms with van der Waals surface area (Å²) in [4.78, 5) is 25.6. The Bertz CT molecular complexity index is 681. The van der Waals surface area contributed by atoms with Crippen molar-refractivity contribution in [1.82, 2.24) is 4.90 Å². The molecule has 6 nitrogen and oxygen atoms in total. The molecule has 1 saturated heterocycles. The van der Waals surface area contributed by atoms with Gasteiger partial charge in [0.25, 0.3) is 0 Å². The molecule has 0 saturated carbocycles. The maximum absolute atomic E-state index is 12.4. The van der Waals surface area contributed by atoms with Gasteiger partial charge < -0.3 is 19.1 Å². The lowest BCUT2D eigenvalue weighted by molar-refractivity contribution is -0.148. The lowest BCUT2D eigenvalue weighted by Crippen LogP contribution is -2.39. The smallest absolute Gasteiger partial charge is 0.308 e. The zero-order chi connectivity index (χ0) is 19.1. The second-order valence-corrected chi connectivity index (χ2v) is 6.33. The molecule has 1 fully saturated rings. The van der Waals surface area contributed by atoms with Gasteiger partial charge in [-0.1, -0.05) is 11.6 Å². The topological polar surface area (TPSA) is 65.1 Å². The number of ether oxygens (including phenoxy) is 3. The van der Waals surface area contributed by atoms with Gasteiger partial charge >= 0.3 is 5.97 Å². The summed E-state index contributed by atoms with van der Waals surface area (Å²) >= 11 is 6.24. The highest BCUT2D eigenvalue weighted by Gasteiger charge is 2.27. The zero-order valence-corrected chi connectivity index (χ0v) is 16.0. The van der Waals surface area contributed by atoms with Crippen LogP contribution in [0.5, 0.6) is 11.5 Å². The van der Waals surface area contributed by atoms with Crippen LogP contribution in [0.25, 0.3) is 6.08 Å². The number of likely N-dealkylation sites (tertiary alicyclic amines) is 1. The molecule has 0 spiro atoms. The van der Waals surface area contributed by atoms with Gasteiger partial charge in [-0.3, -0.25) is 9.59 Å². The van der Waals surface area contributed by atoms with Gasteiger partial charge in [-0.05, 0) is 43.5 Å². The van der Waals surface area contributed by atoms with E-state index < -0.39 is 0 Å². The van der Waals surface area contributed by atoms with Crippen LogP contribution >= 0.6 is 11.6 Å². The summed E-state index contributed by atoms with van der Waals surface area (Å²) in [6.45, 7) is 3.42. The number of hydrogen-bond acceptors (Lipinski definition) is 5. The van der Waals surface area contributed by atoms with Crippen molar-refractivity contribution < 1.29 is 23.8 Å². The van der Waals surface area contributed by atoms with Gasteiger partial charge in [-0.25, -0.2) is 0 Å². The Kier molecular flexibility index (Phi) is 7.33. The fraction of sp³-hybridized carbons (Fsp3) is 0.474. The van der Waals surface area contributed by atoms with Gasteiger partial charge in [0.2, 0.25) is 5.91 Å². The first-order valence-electron chi connectivity index (χ1n) is 8.55. The van der Waals surface area contributed by atoms with Gasteiger partial charge in [-0.2, -0.15) is 0 Å². The third-order valence-electron chi connectivity index (χ3n) is 4.30. The molecule has 26 heavy (non-hydrogen) atoms. The largest absolute Gasteiger partial charge is 0.493 e. The Hall–Kier alpha value is -2.21. The van der Waals surface area contributed by atoms with Crippen molar-refractivity contribution in [1.29, 1.82) is 0 Å². The second kappa shape index (κ2) is 9.48. The van der Waals surface area contributed by atoms with E-state index in [0.717, 1.165) is 5.56 Å². The molecule has 1 aliphatic heterocycles. The number of rotatable bonds is 6. The summed E-state index contributed by atoms with van der Waals surface area (Å²) in [6, 6.07) is 3.49. The number of nitrogens with zero attached hydrogens (tertiary/aromatic N) is 1. The third-order valence-corrected chi connectivity index (χ3v) is 4.58. The fourth-order valence-electron chi connectivity index (χ4n) is 2.90. The quantitative estimate of drug-likeness (QED) is 0.559. The second-order valence-electron chi connectivity index (χ2n) is 5.92. The summed E-state index contributed by atoms with van der Waals surface area (Å²) in [7, 11) is 2.93. The first kappa shape index (κ1) is 20.1. The molecule has 0 bridgehead atoms. The maximum atomic E-state index is 12.4. The number of piperidine rings is 1. The van der Waals surface area contributed by atoms with Crippen molar-refractivity contribution in [3.05, 3.63) is 28.8 Å². The molecule has 0 radical (unpaired) electrons. The molecule has 2 rings (SSSR count). The third kappa shape index (κ3) is 4.91. The first-order valence-corrected chi connectivity index (χ1v) is 8.93. The average molecular weight is 382 g/mol. The van der Waals surface area contributed by atoms with E-state index in [0.29, 0.717) is 49.1 Å². The fourth-order valence-corrected chi connectivity index (χ4v) is 3.17. The molecule has 0 aliphatic carbocycles. The number of benzene rings is 1. The molecule has 1 amide bonds. The van der Waals surface area contributed by atoms with Crippen molar-refractivity contribution in [2.24, 2.45) is 5.92 Å². The van der Waals surface area contributed by atoms with Crippen LogP contribution in [0.1, 0.15) is 25.3 Å². The van der Waals surface area contributed by atoms with Gasteiger partial charge in [-0.15, -0.1) is 0 Å². The Balaban J connectivity index is 2.02. The van der Waals surface area contributed by atoms with Crippen LogP contribution in [0.3, 0.4) is 0 Å². The molecule has 0 N–H and O–H groups in total. The van der Waals surface area contributed by atoms with E-state index in [9.17, 15) is 9.59 Å². The van der Waals surface area contributed by atoms with Crippen LogP contribution in [0, 0.1) is 5.92 Å². The highest BCUT2D eigenvalue weighted by molar-refractivity contribution is 6.32. The molecule has 1 aliphatic rings. The number of carbonyl (C=O) groups excluding carboxylic acids is 2. The van der Waals surface area contributed by atoms with E-state index in [1.807, 2.05) is 6.92 Å². The summed E-state index contributed by atoms with van der Waals surface area (Å²) in [6.07, 6.45) is 4.44. The SMILES string of the molecule is CCOc1c(Cl)cc(/C=C/C(=O)N2CCC(C(=O)OC)CC2)cc1OC. The number of esters is 1. The molecule has 7 heteroatoms. The molecule has 0 atom stereocenters. The van der Waals surface area contributed by atoms with Gasteiger partial charge in [0.15, 0.2) is 11.5 Å². The Morgan fingerprint density at radius 2 is 1.96 bits per heavy atom. The number of methoxy groups -OCH3 is 2. The molecular weight excluding hydrogens is 358 g/mol. The van der Waals surface area contributed by atoms with E-state index in [4.69, 9.17) is 25.8 Å². The monoisotopic (exact) mass is 381 g/mol. The number of amides is 1. The van der Waals surface area contributed by atoms with E-state index in [2.05, 4.69) is 0 Å². The summed E-state index contributed by atoms with van der Waals surface area (Å²) < 4.78 is 15.5. The predicted octanol–water partition coefficient (Wildman–Crippen LogP) is 3.17. The summed E-state index contributed by atoms with van der Waals surface area (Å²) in [5.41, 5.74) is 0.744. The van der Waals surface area contributed by atoms with Crippen LogP contribution in [-0.4, -0.2) is 50.7 Å². The summed E-state index contributed by atoms with van der Waals surface area (Å²) in [5.74, 6) is 0.582. The average Bonchev–Trinajstić information content (AvgIpc) is 2.67. The minimum Gasteiger partial charge on any atom is -0.493 e. The van der Waals surface area contributed by atoms with Crippen LogP contribution < -0.4 is 9.47 Å². The number of carbonyl (C=O) groups is 2. The zero-order valence-electron chi connectivity index (χ0n) is 15.3. The van der Waals surface area contributed by atoms with Gasteiger partial charge in [0, 0.05) is 19.2 Å². The molecule has 1 aromatic rings. The molecule has 0 unspecified atom stereocenters. The molecule has 1 heterocycles. The van der Waals surface area contributed by atoms with E-state index in [-0.39, 0.29) is 17.8 Å². The van der Waals surface area contributed by atoms with E-state index in [1.54, 1.807) is 23.1 Å². The maximum Gasteiger partial charge on any atom is 0.308 e. The number of halogens is 1. The van der Waals surface area contributed by atoms with Crippen molar-refractivity contribution in [3.8, 4) is 11.5 Å². The van der Waals surface area contributed by atoms with Crippen LogP contribution in [0.4, 0.5) is 0 Å².